The Bertz CT molecular complexity index is 380. The Morgan fingerprint density at radius 1 is 0.613 bits per heavy atom. The van der Waals surface area contributed by atoms with Gasteiger partial charge in [0.2, 0.25) is 0 Å². The van der Waals surface area contributed by atoms with Crippen LogP contribution in [0.1, 0.15) is 162 Å². The second-order valence-corrected chi connectivity index (χ2v) is 9.42. The smallest absolute Gasteiger partial charge is 0.306 e. The van der Waals surface area contributed by atoms with Crippen LogP contribution in [0.25, 0.3) is 0 Å². The van der Waals surface area contributed by atoms with E-state index in [0.29, 0.717) is 12.8 Å². The van der Waals surface area contributed by atoms with E-state index in [1.54, 1.807) is 0 Å². The number of carbonyl (C=O) groups excluding carboxylic acids is 2. The molecular formula is C28H54O3. The van der Waals surface area contributed by atoms with E-state index in [4.69, 9.17) is 4.74 Å². The Morgan fingerprint density at radius 2 is 1.00 bits per heavy atom. The summed E-state index contributed by atoms with van der Waals surface area (Å²) in [6.45, 7) is 4.51. The first-order chi connectivity index (χ1) is 15.2. The lowest BCUT2D eigenvalue weighted by Crippen LogP contribution is -2.18. The third-order valence-corrected chi connectivity index (χ3v) is 6.27. The summed E-state index contributed by atoms with van der Waals surface area (Å²) in [4.78, 5) is 23.0. The van der Waals surface area contributed by atoms with Crippen LogP contribution < -0.4 is 0 Å². The summed E-state index contributed by atoms with van der Waals surface area (Å²) < 4.78 is 5.59. The van der Waals surface area contributed by atoms with Crippen LogP contribution in [0.2, 0.25) is 0 Å². The second kappa shape index (κ2) is 25.4. The molecule has 0 saturated heterocycles. The average molecular weight is 439 g/mol. The van der Waals surface area contributed by atoms with Crippen molar-refractivity contribution in [2.75, 3.05) is 0 Å². The largest absolute Gasteiger partial charge is 0.462 e. The lowest BCUT2D eigenvalue weighted by molar-refractivity contribution is -0.150. The summed E-state index contributed by atoms with van der Waals surface area (Å²) >= 11 is 0. The number of hydrogen-bond donors (Lipinski definition) is 0. The Hall–Kier alpha value is -0.860. The van der Waals surface area contributed by atoms with Crippen LogP contribution in [0, 0.1) is 0 Å². The van der Waals surface area contributed by atoms with Crippen molar-refractivity contribution < 1.29 is 14.3 Å². The molecule has 0 aromatic carbocycles. The normalized spacial score (nSPS) is 12.1. The first-order valence-corrected chi connectivity index (χ1v) is 13.9. The van der Waals surface area contributed by atoms with Crippen molar-refractivity contribution in [2.45, 2.75) is 168 Å². The molecule has 0 amide bonds. The Balaban J connectivity index is 3.59. The summed E-state index contributed by atoms with van der Waals surface area (Å²) in [5.74, 6) is -0.113. The van der Waals surface area contributed by atoms with Gasteiger partial charge in [0, 0.05) is 12.8 Å². The molecule has 0 N–H and O–H groups in total. The van der Waals surface area contributed by atoms with E-state index in [1.807, 2.05) is 0 Å². The van der Waals surface area contributed by atoms with Crippen molar-refractivity contribution in [1.29, 1.82) is 0 Å². The van der Waals surface area contributed by atoms with Gasteiger partial charge in [-0.05, 0) is 19.3 Å². The number of esters is 1. The topological polar surface area (TPSA) is 43.4 Å². The molecule has 0 aliphatic heterocycles. The highest BCUT2D eigenvalue weighted by atomic mass is 16.5. The van der Waals surface area contributed by atoms with Gasteiger partial charge in [-0.1, -0.05) is 129 Å². The van der Waals surface area contributed by atoms with Gasteiger partial charge in [-0.3, -0.25) is 4.79 Å². The van der Waals surface area contributed by atoms with Crippen LogP contribution in [-0.2, 0) is 14.3 Å². The highest BCUT2D eigenvalue weighted by Gasteiger charge is 2.13. The van der Waals surface area contributed by atoms with Gasteiger partial charge in [0.05, 0.1) is 0 Å². The number of carbonyl (C=O) groups is 2. The molecule has 1 atom stereocenters. The van der Waals surface area contributed by atoms with Crippen molar-refractivity contribution in [3.05, 3.63) is 0 Å². The van der Waals surface area contributed by atoms with Crippen LogP contribution in [-0.4, -0.2) is 18.4 Å². The summed E-state index contributed by atoms with van der Waals surface area (Å²) in [5, 5.41) is 0. The van der Waals surface area contributed by atoms with Gasteiger partial charge in [0.15, 0.2) is 0 Å². The van der Waals surface area contributed by atoms with Crippen LogP contribution in [0.4, 0.5) is 0 Å². The lowest BCUT2D eigenvalue weighted by Gasteiger charge is -2.15. The molecule has 3 heteroatoms. The Labute approximate surface area is 194 Å². The molecule has 184 valence electrons. The zero-order valence-electron chi connectivity index (χ0n) is 21.1. The third kappa shape index (κ3) is 23.6. The summed E-state index contributed by atoms with van der Waals surface area (Å²) in [7, 11) is 0. The molecular weight excluding hydrogens is 384 g/mol. The molecule has 0 fully saturated rings. The minimum Gasteiger partial charge on any atom is -0.462 e. The van der Waals surface area contributed by atoms with Crippen molar-refractivity contribution >= 4 is 12.3 Å². The van der Waals surface area contributed by atoms with Crippen molar-refractivity contribution in [2.24, 2.45) is 0 Å². The molecule has 0 spiro atoms. The van der Waals surface area contributed by atoms with E-state index >= 15 is 0 Å². The maximum absolute atomic E-state index is 12.1. The zero-order chi connectivity index (χ0) is 22.8. The molecule has 3 nitrogen and oxygen atoms in total. The fourth-order valence-electron chi connectivity index (χ4n) is 4.19. The quantitative estimate of drug-likeness (QED) is 0.0810. The summed E-state index contributed by atoms with van der Waals surface area (Å²) in [5.41, 5.74) is 0. The molecule has 0 saturated carbocycles. The molecule has 0 aliphatic rings. The van der Waals surface area contributed by atoms with E-state index in [9.17, 15) is 9.59 Å². The monoisotopic (exact) mass is 438 g/mol. The van der Waals surface area contributed by atoms with E-state index < -0.39 is 0 Å². The standard InChI is InChI=1S/C28H54O3/c1-3-5-7-9-11-13-15-17-19-21-23-27(25-26-29)31-28(30)24-22-20-18-16-14-12-10-8-6-4-2/h26-27H,3-25H2,1-2H3. The Morgan fingerprint density at radius 3 is 1.42 bits per heavy atom. The molecule has 0 radical (unpaired) electrons. The van der Waals surface area contributed by atoms with Gasteiger partial charge in [-0.2, -0.15) is 0 Å². The minimum atomic E-state index is -0.206. The highest BCUT2D eigenvalue weighted by Crippen LogP contribution is 2.16. The average Bonchev–Trinajstić information content (AvgIpc) is 2.76. The number of hydrogen-bond acceptors (Lipinski definition) is 3. The summed E-state index contributed by atoms with van der Waals surface area (Å²) in [6, 6.07) is 0. The van der Waals surface area contributed by atoms with E-state index in [1.165, 1.54) is 109 Å². The van der Waals surface area contributed by atoms with Crippen molar-refractivity contribution in [1.82, 2.24) is 0 Å². The number of ether oxygens (including phenoxy) is 1. The minimum absolute atomic E-state index is 0.113. The molecule has 31 heavy (non-hydrogen) atoms. The molecule has 0 rings (SSSR count). The first kappa shape index (κ1) is 30.1. The van der Waals surface area contributed by atoms with Crippen molar-refractivity contribution in [3.63, 3.8) is 0 Å². The number of rotatable bonds is 25. The molecule has 0 aliphatic carbocycles. The fraction of sp³-hybridized carbons (Fsp3) is 0.929. The molecule has 0 aromatic heterocycles. The van der Waals surface area contributed by atoms with Crippen LogP contribution in [0.3, 0.4) is 0 Å². The molecule has 0 heterocycles. The van der Waals surface area contributed by atoms with Crippen LogP contribution >= 0.6 is 0 Å². The van der Waals surface area contributed by atoms with Crippen LogP contribution in [0.5, 0.6) is 0 Å². The number of unbranched alkanes of at least 4 members (excludes halogenated alkanes) is 18. The highest BCUT2D eigenvalue weighted by molar-refractivity contribution is 5.69. The van der Waals surface area contributed by atoms with Gasteiger partial charge < -0.3 is 9.53 Å². The number of aldehydes is 1. The molecule has 1 unspecified atom stereocenters. The van der Waals surface area contributed by atoms with Gasteiger partial charge in [-0.15, -0.1) is 0 Å². The maximum atomic E-state index is 12.1. The fourth-order valence-corrected chi connectivity index (χ4v) is 4.19. The predicted molar refractivity (Wildman–Crippen MR) is 133 cm³/mol. The Kier molecular flexibility index (Phi) is 24.7. The van der Waals surface area contributed by atoms with Gasteiger partial charge in [-0.25, -0.2) is 0 Å². The first-order valence-electron chi connectivity index (χ1n) is 13.9. The van der Waals surface area contributed by atoms with E-state index in [-0.39, 0.29) is 12.1 Å². The van der Waals surface area contributed by atoms with E-state index in [2.05, 4.69) is 13.8 Å². The maximum Gasteiger partial charge on any atom is 0.306 e. The van der Waals surface area contributed by atoms with Gasteiger partial charge >= 0.3 is 5.97 Å². The SMILES string of the molecule is CCCCCCCCCCCCC(=O)OC(CC=O)CCCCCCCCCCCC. The second-order valence-electron chi connectivity index (χ2n) is 9.42. The van der Waals surface area contributed by atoms with Crippen molar-refractivity contribution in [3.8, 4) is 0 Å². The van der Waals surface area contributed by atoms with E-state index in [0.717, 1.165) is 32.0 Å². The third-order valence-electron chi connectivity index (χ3n) is 6.27. The zero-order valence-corrected chi connectivity index (χ0v) is 21.1. The predicted octanol–water partition coefficient (Wildman–Crippen LogP) is 9.11. The molecule has 0 aromatic rings. The van der Waals surface area contributed by atoms with Gasteiger partial charge in [0.1, 0.15) is 12.4 Å². The van der Waals surface area contributed by atoms with Gasteiger partial charge in [0.25, 0.3) is 0 Å². The molecule has 0 bridgehead atoms. The summed E-state index contributed by atoms with van der Waals surface area (Å²) in [6.07, 6.45) is 28.0. The van der Waals surface area contributed by atoms with Crippen LogP contribution in [0.15, 0.2) is 0 Å². The lowest BCUT2D eigenvalue weighted by atomic mass is 10.0.